The molecular weight excluding hydrogens is 454 g/mol. The summed E-state index contributed by atoms with van der Waals surface area (Å²) >= 11 is 0. The van der Waals surface area contributed by atoms with Crippen LogP contribution in [0.5, 0.6) is 5.75 Å². The maximum absolute atomic E-state index is 11.5. The molecule has 0 bridgehead atoms. The van der Waals surface area contributed by atoms with Gasteiger partial charge in [0.25, 0.3) is 0 Å². The van der Waals surface area contributed by atoms with Crippen molar-refractivity contribution < 1.29 is 19.4 Å². The second kappa shape index (κ2) is 9.36. The first-order chi connectivity index (χ1) is 17.2. The Balaban J connectivity index is 1.45. The molecule has 1 amide bonds. The molecule has 1 aliphatic heterocycles. The molecule has 2 aromatic carbocycles. The van der Waals surface area contributed by atoms with Crippen molar-refractivity contribution in [2.45, 2.75) is 46.0 Å². The van der Waals surface area contributed by atoms with Gasteiger partial charge in [0, 0.05) is 31.1 Å². The molecule has 1 N–H and O–H groups in total. The largest absolute Gasteiger partial charge is 0.467 e. The van der Waals surface area contributed by atoms with Crippen LogP contribution >= 0.6 is 0 Å². The Bertz CT molecular complexity index is 1260. The summed E-state index contributed by atoms with van der Waals surface area (Å²) in [6, 6.07) is 16.4. The molecule has 5 rings (SSSR count). The monoisotopic (exact) mass is 489 g/mol. The number of amides is 1. The van der Waals surface area contributed by atoms with Crippen LogP contribution in [0.25, 0.3) is 22.2 Å². The predicted octanol–water partition coefficient (Wildman–Crippen LogP) is 6.19. The van der Waals surface area contributed by atoms with E-state index in [9.17, 15) is 9.90 Å². The van der Waals surface area contributed by atoms with Gasteiger partial charge in [-0.15, -0.1) is 10.2 Å². The first-order valence-corrected chi connectivity index (χ1v) is 12.7. The lowest BCUT2D eigenvalue weighted by molar-refractivity contribution is -0.104. The predicted molar refractivity (Wildman–Crippen MR) is 139 cm³/mol. The molecule has 1 spiro atoms. The molecule has 2 unspecified atom stereocenters. The van der Waals surface area contributed by atoms with Crippen molar-refractivity contribution in [1.82, 2.24) is 15.1 Å². The van der Waals surface area contributed by atoms with Crippen LogP contribution in [0, 0.1) is 16.7 Å². The van der Waals surface area contributed by atoms with Crippen LogP contribution in [0.3, 0.4) is 0 Å². The molecule has 1 aromatic heterocycles. The number of rotatable bonds is 5. The lowest BCUT2D eigenvalue weighted by Gasteiger charge is -2.63. The number of hydrogen-bond donors (Lipinski definition) is 1. The van der Waals surface area contributed by atoms with Gasteiger partial charge in [-0.2, -0.15) is 0 Å². The fourth-order valence-electron chi connectivity index (χ4n) is 6.79. The summed E-state index contributed by atoms with van der Waals surface area (Å²) in [6.07, 6.45) is 2.19. The van der Waals surface area contributed by atoms with E-state index in [1.165, 1.54) is 5.56 Å². The maximum Gasteiger partial charge on any atom is 0.407 e. The van der Waals surface area contributed by atoms with E-state index in [2.05, 4.69) is 55.2 Å². The SMILES string of the molecule is COCOc1ccccc1-c1cc2cc(C3CC4(CCN(C(=O)O)CC4)C3C(C)(C)C)ccc2nn1. The second-order valence-corrected chi connectivity index (χ2v) is 11.4. The number of piperidine rings is 1. The Hall–Kier alpha value is -3.19. The summed E-state index contributed by atoms with van der Waals surface area (Å²) in [5.74, 6) is 1.65. The van der Waals surface area contributed by atoms with E-state index in [1.807, 2.05) is 24.3 Å². The standard InChI is InChI=1S/C29H35N3O4/c1-28(2,3)26-22(17-29(26)11-13-32(14-12-29)27(33)34)19-9-10-23-20(15-19)16-24(31-30-23)21-7-5-6-8-25(21)36-18-35-4/h5-10,15-16,22,26H,11-14,17-18H2,1-4H3,(H,33,34). The maximum atomic E-state index is 11.5. The average molecular weight is 490 g/mol. The lowest BCUT2D eigenvalue weighted by Crippen LogP contribution is -2.57. The third kappa shape index (κ3) is 4.41. The average Bonchev–Trinajstić information content (AvgIpc) is 2.84. The molecule has 2 fully saturated rings. The number of fused-ring (bicyclic) bond motifs is 1. The van der Waals surface area contributed by atoms with E-state index < -0.39 is 6.09 Å². The Morgan fingerprint density at radius 3 is 2.56 bits per heavy atom. The zero-order chi connectivity index (χ0) is 25.5. The van der Waals surface area contributed by atoms with E-state index in [0.717, 1.165) is 41.4 Å². The van der Waals surface area contributed by atoms with Crippen LogP contribution in [0.15, 0.2) is 48.5 Å². The molecular formula is C29H35N3O4. The Kier molecular flexibility index (Phi) is 6.37. The van der Waals surface area contributed by atoms with Crippen LogP contribution in [0.1, 0.15) is 51.5 Å². The molecule has 2 aliphatic rings. The van der Waals surface area contributed by atoms with Crippen molar-refractivity contribution in [3.63, 3.8) is 0 Å². The van der Waals surface area contributed by atoms with Gasteiger partial charge in [0.2, 0.25) is 0 Å². The smallest absolute Gasteiger partial charge is 0.407 e. The van der Waals surface area contributed by atoms with Crippen LogP contribution in [0.4, 0.5) is 4.79 Å². The number of aromatic nitrogens is 2. The topological polar surface area (TPSA) is 84.8 Å². The van der Waals surface area contributed by atoms with Crippen LogP contribution in [-0.4, -0.2) is 53.3 Å². The highest BCUT2D eigenvalue weighted by Crippen LogP contribution is 2.66. The normalized spacial score (nSPS) is 21.4. The van der Waals surface area contributed by atoms with Gasteiger partial charge in [0.05, 0.1) is 11.2 Å². The molecule has 3 aromatic rings. The number of methoxy groups -OCH3 is 1. The van der Waals surface area contributed by atoms with Gasteiger partial charge in [-0.1, -0.05) is 39.0 Å². The highest BCUT2D eigenvalue weighted by atomic mass is 16.7. The zero-order valence-corrected chi connectivity index (χ0v) is 21.5. The van der Waals surface area contributed by atoms with Gasteiger partial charge in [0.1, 0.15) is 5.75 Å². The Morgan fingerprint density at radius 1 is 1.11 bits per heavy atom. The summed E-state index contributed by atoms with van der Waals surface area (Å²) in [4.78, 5) is 13.0. The number of carboxylic acid groups (broad SMARTS) is 1. The highest BCUT2D eigenvalue weighted by Gasteiger charge is 2.58. The van der Waals surface area contributed by atoms with E-state index >= 15 is 0 Å². The molecule has 1 saturated heterocycles. The fourth-order valence-corrected chi connectivity index (χ4v) is 6.79. The van der Waals surface area contributed by atoms with Gasteiger partial charge < -0.3 is 19.5 Å². The number of benzene rings is 2. The minimum Gasteiger partial charge on any atom is -0.467 e. The summed E-state index contributed by atoms with van der Waals surface area (Å²) < 4.78 is 10.8. The van der Waals surface area contributed by atoms with Crippen molar-refractivity contribution >= 4 is 17.0 Å². The van der Waals surface area contributed by atoms with Gasteiger partial charge >= 0.3 is 6.09 Å². The number of para-hydroxylation sites is 1. The quantitative estimate of drug-likeness (QED) is 0.430. The minimum atomic E-state index is -0.798. The zero-order valence-electron chi connectivity index (χ0n) is 21.5. The van der Waals surface area contributed by atoms with Crippen molar-refractivity contribution in [3.05, 3.63) is 54.1 Å². The molecule has 1 aliphatic carbocycles. The summed E-state index contributed by atoms with van der Waals surface area (Å²) in [7, 11) is 1.60. The summed E-state index contributed by atoms with van der Waals surface area (Å²) in [5.41, 5.74) is 4.19. The van der Waals surface area contributed by atoms with Crippen molar-refractivity contribution in [1.29, 1.82) is 0 Å². The van der Waals surface area contributed by atoms with Crippen molar-refractivity contribution in [3.8, 4) is 17.0 Å². The number of nitrogens with zero attached hydrogens (tertiary/aromatic N) is 3. The molecule has 1 saturated carbocycles. The number of carbonyl (C=O) groups is 1. The number of likely N-dealkylation sites (tertiary alicyclic amines) is 1. The van der Waals surface area contributed by atoms with Crippen LogP contribution in [-0.2, 0) is 4.74 Å². The fraction of sp³-hybridized carbons (Fsp3) is 0.483. The van der Waals surface area contributed by atoms with Crippen LogP contribution in [0.2, 0.25) is 0 Å². The molecule has 2 atom stereocenters. The van der Waals surface area contributed by atoms with Gasteiger partial charge in [-0.25, -0.2) is 4.79 Å². The first kappa shape index (κ1) is 24.5. The summed E-state index contributed by atoms with van der Waals surface area (Å²) in [5, 5.41) is 19.5. The lowest BCUT2D eigenvalue weighted by atomic mass is 9.43. The Morgan fingerprint density at radius 2 is 1.86 bits per heavy atom. The third-order valence-electron chi connectivity index (χ3n) is 8.18. The number of hydrogen-bond acceptors (Lipinski definition) is 5. The van der Waals surface area contributed by atoms with Crippen molar-refractivity contribution in [2.24, 2.45) is 16.7 Å². The second-order valence-electron chi connectivity index (χ2n) is 11.4. The minimum absolute atomic E-state index is 0.128. The van der Waals surface area contributed by atoms with Crippen molar-refractivity contribution in [2.75, 3.05) is 27.0 Å². The molecule has 2 heterocycles. The molecule has 36 heavy (non-hydrogen) atoms. The summed E-state index contributed by atoms with van der Waals surface area (Å²) in [6.45, 7) is 8.43. The highest BCUT2D eigenvalue weighted by molar-refractivity contribution is 5.83. The van der Waals surface area contributed by atoms with Crippen LogP contribution < -0.4 is 4.74 Å². The molecule has 7 heteroatoms. The molecule has 0 radical (unpaired) electrons. The molecule has 190 valence electrons. The van der Waals surface area contributed by atoms with E-state index in [0.29, 0.717) is 30.7 Å². The van der Waals surface area contributed by atoms with Gasteiger partial charge in [-0.3, -0.25) is 0 Å². The van der Waals surface area contributed by atoms with E-state index in [4.69, 9.17) is 9.47 Å². The van der Waals surface area contributed by atoms with Gasteiger partial charge in [-0.05, 0) is 77.8 Å². The first-order valence-electron chi connectivity index (χ1n) is 12.7. The number of ether oxygens (including phenoxy) is 2. The van der Waals surface area contributed by atoms with Gasteiger partial charge in [0.15, 0.2) is 6.79 Å². The third-order valence-corrected chi connectivity index (χ3v) is 8.18. The van der Waals surface area contributed by atoms with E-state index in [-0.39, 0.29) is 17.6 Å². The Labute approximate surface area is 212 Å². The molecule has 7 nitrogen and oxygen atoms in total. The van der Waals surface area contributed by atoms with E-state index in [1.54, 1.807) is 12.0 Å².